The summed E-state index contributed by atoms with van der Waals surface area (Å²) in [6.07, 6.45) is 19.1. The Balaban J connectivity index is 0.00000241. The van der Waals surface area contributed by atoms with Crippen molar-refractivity contribution in [3.8, 4) is 11.1 Å². The van der Waals surface area contributed by atoms with Crippen LogP contribution in [0.2, 0.25) is 0 Å². The summed E-state index contributed by atoms with van der Waals surface area (Å²) in [4.78, 5) is 8.43. The molecule has 33 heavy (non-hydrogen) atoms. The van der Waals surface area contributed by atoms with E-state index >= 15 is 0 Å². The molecule has 2 aliphatic carbocycles. The van der Waals surface area contributed by atoms with Crippen LogP contribution < -0.4 is 0 Å². The Morgan fingerprint density at radius 1 is 1.03 bits per heavy atom. The van der Waals surface area contributed by atoms with E-state index in [2.05, 4.69) is 59.1 Å². The second kappa shape index (κ2) is 8.68. The molecule has 0 amide bonds. The molecule has 4 nitrogen and oxygen atoms in total. The first-order valence-corrected chi connectivity index (χ1v) is 12.7. The Morgan fingerprint density at radius 2 is 1.82 bits per heavy atom. The zero-order valence-electron chi connectivity index (χ0n) is 19.3. The number of nitrogens with one attached hydrogen (secondary N) is 1. The standard InChI is InChI=1S/C29H32N4.H2/c1-2-23(20-9-5-3-4-6-10-20)26-19-31-33-16-15-22(17-28(26)33)25-18-30-29-24(25)13-14-27(32-29)21-11-7-8-12-21;/h13-21H,1,3-12H2,(H,30,32);1H. The fourth-order valence-electron chi connectivity index (χ4n) is 6.09. The van der Waals surface area contributed by atoms with Crippen LogP contribution in [-0.4, -0.2) is 19.6 Å². The number of fused-ring (bicyclic) bond motifs is 2. The maximum absolute atomic E-state index is 4.99. The smallest absolute Gasteiger partial charge is 0.138 e. The highest BCUT2D eigenvalue weighted by molar-refractivity contribution is 5.95. The molecule has 0 unspecified atom stereocenters. The number of H-pyrrole nitrogens is 1. The minimum Gasteiger partial charge on any atom is -0.346 e. The Kier molecular flexibility index (Phi) is 5.39. The number of pyridine rings is 2. The van der Waals surface area contributed by atoms with Crippen molar-refractivity contribution in [1.29, 1.82) is 0 Å². The summed E-state index contributed by atoms with van der Waals surface area (Å²) in [6, 6.07) is 8.91. The molecule has 0 bridgehead atoms. The zero-order chi connectivity index (χ0) is 22.2. The third-order valence-electron chi connectivity index (χ3n) is 7.91. The maximum Gasteiger partial charge on any atom is 0.138 e. The molecule has 170 valence electrons. The summed E-state index contributed by atoms with van der Waals surface area (Å²) in [6.45, 7) is 4.07. The SMILES string of the molecule is C=C=C(c1cnn2ccc(-c3c[nH]c4nc(C5CCCC5)ccc34)cc12)C1CCCCCC1.[HH]. The highest BCUT2D eigenvalue weighted by atomic mass is 15.2. The van der Waals surface area contributed by atoms with E-state index in [1.54, 1.807) is 0 Å². The van der Waals surface area contributed by atoms with E-state index in [9.17, 15) is 0 Å². The van der Waals surface area contributed by atoms with Crippen LogP contribution in [0.4, 0.5) is 0 Å². The lowest BCUT2D eigenvalue weighted by molar-refractivity contribution is 0.575. The van der Waals surface area contributed by atoms with Gasteiger partial charge in [-0.2, -0.15) is 5.10 Å². The van der Waals surface area contributed by atoms with E-state index in [1.807, 2.05) is 10.7 Å². The number of rotatable bonds is 4. The van der Waals surface area contributed by atoms with E-state index in [-0.39, 0.29) is 1.43 Å². The van der Waals surface area contributed by atoms with E-state index in [0.29, 0.717) is 11.8 Å². The van der Waals surface area contributed by atoms with E-state index in [1.165, 1.54) is 97.6 Å². The molecule has 2 saturated carbocycles. The summed E-state index contributed by atoms with van der Waals surface area (Å²) in [5, 5.41) is 5.84. The molecule has 4 heterocycles. The van der Waals surface area contributed by atoms with Gasteiger partial charge >= 0.3 is 0 Å². The Morgan fingerprint density at radius 3 is 2.61 bits per heavy atom. The number of nitrogens with zero attached hydrogens (tertiary/aromatic N) is 3. The minimum absolute atomic E-state index is 0. The van der Waals surface area contributed by atoms with Gasteiger partial charge in [0.2, 0.25) is 0 Å². The Bertz CT molecular complexity index is 1340. The number of hydrogen-bond donors (Lipinski definition) is 1. The summed E-state index contributed by atoms with van der Waals surface area (Å²) >= 11 is 0. The van der Waals surface area contributed by atoms with Crippen molar-refractivity contribution in [2.75, 3.05) is 0 Å². The monoisotopic (exact) mass is 438 g/mol. The lowest BCUT2D eigenvalue weighted by atomic mass is 9.88. The fourth-order valence-corrected chi connectivity index (χ4v) is 6.09. The highest BCUT2D eigenvalue weighted by Gasteiger charge is 2.22. The van der Waals surface area contributed by atoms with Crippen LogP contribution in [0.15, 0.2) is 55.2 Å². The molecule has 4 aromatic rings. The van der Waals surface area contributed by atoms with Crippen LogP contribution in [0, 0.1) is 5.92 Å². The molecule has 2 aliphatic rings. The van der Waals surface area contributed by atoms with Gasteiger partial charge in [-0.1, -0.05) is 45.1 Å². The average Bonchev–Trinajstić information content (AvgIpc) is 3.56. The predicted molar refractivity (Wildman–Crippen MR) is 137 cm³/mol. The van der Waals surface area contributed by atoms with Gasteiger partial charge in [-0.15, -0.1) is 5.73 Å². The van der Waals surface area contributed by atoms with Gasteiger partial charge < -0.3 is 4.98 Å². The van der Waals surface area contributed by atoms with Gasteiger partial charge in [0.05, 0.1) is 11.7 Å². The molecule has 0 aromatic carbocycles. The van der Waals surface area contributed by atoms with Crippen LogP contribution in [0.3, 0.4) is 0 Å². The molecule has 1 N–H and O–H groups in total. The Hall–Kier alpha value is -3.10. The molecular formula is C29H34N4. The van der Waals surface area contributed by atoms with E-state index in [4.69, 9.17) is 4.98 Å². The molecule has 0 spiro atoms. The average molecular weight is 439 g/mol. The predicted octanol–water partition coefficient (Wildman–Crippen LogP) is 7.92. The zero-order valence-corrected chi connectivity index (χ0v) is 19.3. The normalized spacial score (nSPS) is 18.1. The van der Waals surface area contributed by atoms with Crippen molar-refractivity contribution in [2.45, 2.75) is 70.1 Å². The molecule has 0 saturated heterocycles. The molecular weight excluding hydrogens is 404 g/mol. The van der Waals surface area contributed by atoms with Crippen LogP contribution in [0.25, 0.3) is 33.3 Å². The highest BCUT2D eigenvalue weighted by Crippen LogP contribution is 2.38. The van der Waals surface area contributed by atoms with Crippen molar-refractivity contribution < 1.29 is 1.43 Å². The lowest BCUT2D eigenvalue weighted by Gasteiger charge is -2.16. The van der Waals surface area contributed by atoms with Crippen molar-refractivity contribution >= 4 is 22.1 Å². The Labute approximate surface area is 196 Å². The molecule has 2 fully saturated rings. The fraction of sp³-hybridized carbons (Fsp3) is 0.414. The summed E-state index contributed by atoms with van der Waals surface area (Å²) < 4.78 is 1.98. The second-order valence-electron chi connectivity index (χ2n) is 9.90. The molecule has 0 aliphatic heterocycles. The van der Waals surface area contributed by atoms with Gasteiger partial charge in [-0.3, -0.25) is 0 Å². The van der Waals surface area contributed by atoms with Crippen molar-refractivity contribution in [1.82, 2.24) is 19.6 Å². The summed E-state index contributed by atoms with van der Waals surface area (Å²) in [5.74, 6) is 1.16. The molecule has 4 aromatic heterocycles. The number of aromatic amines is 1. The van der Waals surface area contributed by atoms with Crippen molar-refractivity contribution in [3.63, 3.8) is 0 Å². The second-order valence-corrected chi connectivity index (χ2v) is 9.90. The van der Waals surface area contributed by atoms with Gasteiger partial charge in [-0.05, 0) is 61.4 Å². The van der Waals surface area contributed by atoms with Crippen molar-refractivity contribution in [3.05, 3.63) is 66.4 Å². The van der Waals surface area contributed by atoms with Crippen LogP contribution in [-0.2, 0) is 0 Å². The maximum atomic E-state index is 4.99. The van der Waals surface area contributed by atoms with E-state index in [0.717, 1.165) is 11.2 Å². The summed E-state index contributed by atoms with van der Waals surface area (Å²) in [7, 11) is 0. The third kappa shape index (κ3) is 3.73. The number of aromatic nitrogens is 4. The molecule has 0 atom stereocenters. The van der Waals surface area contributed by atoms with Crippen LogP contribution in [0.5, 0.6) is 0 Å². The number of hydrogen-bond acceptors (Lipinski definition) is 2. The first-order valence-electron chi connectivity index (χ1n) is 12.7. The summed E-state index contributed by atoms with van der Waals surface area (Å²) in [5.41, 5.74) is 11.5. The topological polar surface area (TPSA) is 46.0 Å². The minimum atomic E-state index is 0. The number of allylic oxidation sites excluding steroid dienone is 1. The lowest BCUT2D eigenvalue weighted by Crippen LogP contribution is -2.02. The van der Waals surface area contributed by atoms with Crippen molar-refractivity contribution in [2.24, 2.45) is 5.92 Å². The largest absolute Gasteiger partial charge is 0.346 e. The quantitative estimate of drug-likeness (QED) is 0.260. The van der Waals surface area contributed by atoms with Gasteiger partial charge in [0.1, 0.15) is 5.65 Å². The van der Waals surface area contributed by atoms with Gasteiger partial charge in [-0.25, -0.2) is 9.50 Å². The van der Waals surface area contributed by atoms with Gasteiger partial charge in [0.25, 0.3) is 0 Å². The third-order valence-corrected chi connectivity index (χ3v) is 7.91. The molecule has 0 radical (unpaired) electrons. The first-order chi connectivity index (χ1) is 16.3. The van der Waals surface area contributed by atoms with Crippen LogP contribution >= 0.6 is 0 Å². The molecule has 6 rings (SSSR count). The molecule has 4 heteroatoms. The van der Waals surface area contributed by atoms with Gasteiger partial charge in [0.15, 0.2) is 0 Å². The first kappa shape index (κ1) is 20.5. The van der Waals surface area contributed by atoms with E-state index < -0.39 is 0 Å². The van der Waals surface area contributed by atoms with Gasteiger partial charge in [0, 0.05) is 47.5 Å². The van der Waals surface area contributed by atoms with Crippen LogP contribution in [0.1, 0.15) is 82.8 Å².